The molecule has 0 bridgehead atoms. The maximum absolute atomic E-state index is 11.7. The number of hydrogen-bond donors (Lipinski definition) is 0. The maximum Gasteiger partial charge on any atom is 0.432 e. The second kappa shape index (κ2) is 3.58. The molecule has 0 aromatic rings. The van der Waals surface area contributed by atoms with Gasteiger partial charge in [-0.3, -0.25) is 4.52 Å². The molecule has 0 saturated carbocycles. The van der Waals surface area contributed by atoms with Crippen LogP contribution < -0.4 is 0 Å². The predicted octanol–water partition coefficient (Wildman–Crippen LogP) is 2.74. The Balaban J connectivity index is 3.40. The molecule has 56 valence electrons. The molecule has 0 saturated heterocycles. The molecular formula is C2H3BrF3O2P. The zero-order valence-corrected chi connectivity index (χ0v) is 6.54. The number of rotatable bonds is 3. The molecule has 7 heteroatoms. The lowest BCUT2D eigenvalue weighted by Crippen LogP contribution is -1.99. The molecule has 0 aromatic heterocycles. The number of alkyl halides is 2. The highest BCUT2D eigenvalue weighted by atomic mass is 79.9. The monoisotopic (exact) mass is 226 g/mol. The van der Waals surface area contributed by atoms with Gasteiger partial charge in [-0.1, -0.05) is 0 Å². The first-order valence-corrected chi connectivity index (χ1v) is 5.37. The number of halogens is 4. The van der Waals surface area contributed by atoms with E-state index in [2.05, 4.69) is 4.52 Å². The van der Waals surface area contributed by atoms with Crippen LogP contribution in [0.4, 0.5) is 13.0 Å². The summed E-state index contributed by atoms with van der Waals surface area (Å²) < 4.78 is 47.3. The van der Waals surface area contributed by atoms with Crippen molar-refractivity contribution in [3.05, 3.63) is 0 Å². The molecular weight excluding hydrogens is 224 g/mol. The van der Waals surface area contributed by atoms with E-state index in [1.807, 2.05) is 15.5 Å². The van der Waals surface area contributed by atoms with Crippen molar-refractivity contribution in [3.63, 3.8) is 0 Å². The van der Waals surface area contributed by atoms with Crippen LogP contribution in [0, 0.1) is 0 Å². The first kappa shape index (κ1) is 9.46. The summed E-state index contributed by atoms with van der Waals surface area (Å²) in [5, 5.41) is 0. The van der Waals surface area contributed by atoms with E-state index in [4.69, 9.17) is 0 Å². The Labute approximate surface area is 57.7 Å². The minimum Gasteiger partial charge on any atom is -0.291 e. The van der Waals surface area contributed by atoms with Gasteiger partial charge >= 0.3 is 6.38 Å². The van der Waals surface area contributed by atoms with E-state index in [0.717, 1.165) is 0 Å². The first-order chi connectivity index (χ1) is 3.92. The van der Waals surface area contributed by atoms with Crippen LogP contribution in [0.25, 0.3) is 0 Å². The lowest BCUT2D eigenvalue weighted by Gasteiger charge is -2.00. The van der Waals surface area contributed by atoms with Crippen LogP contribution in [0.5, 0.6) is 0 Å². The molecule has 0 aromatic carbocycles. The van der Waals surface area contributed by atoms with Crippen LogP contribution in [0.2, 0.25) is 0 Å². The van der Waals surface area contributed by atoms with Gasteiger partial charge in [0.2, 0.25) is 0 Å². The van der Waals surface area contributed by atoms with Gasteiger partial charge in [-0.15, -0.1) is 4.20 Å². The molecule has 0 fully saturated rings. The molecule has 0 radical (unpaired) electrons. The third kappa shape index (κ3) is 8.46. The van der Waals surface area contributed by atoms with Crippen molar-refractivity contribution in [2.45, 2.75) is 6.43 Å². The van der Waals surface area contributed by atoms with Gasteiger partial charge in [0.15, 0.2) is 0 Å². The van der Waals surface area contributed by atoms with Gasteiger partial charge < -0.3 is 0 Å². The normalized spacial score (nSPS) is 17.9. The van der Waals surface area contributed by atoms with Crippen LogP contribution in [-0.4, -0.2) is 13.0 Å². The molecule has 0 aliphatic rings. The van der Waals surface area contributed by atoms with E-state index < -0.39 is 19.4 Å². The van der Waals surface area contributed by atoms with Crippen molar-refractivity contribution >= 4 is 21.9 Å². The third-order valence-corrected chi connectivity index (χ3v) is 1.41. The summed E-state index contributed by atoms with van der Waals surface area (Å²) in [7, 11) is 0. The topological polar surface area (TPSA) is 26.3 Å². The Morgan fingerprint density at radius 2 is 2.11 bits per heavy atom. The van der Waals surface area contributed by atoms with Crippen molar-refractivity contribution in [3.8, 4) is 0 Å². The average Bonchev–Trinajstić information content (AvgIpc) is 1.59. The van der Waals surface area contributed by atoms with Gasteiger partial charge in [0.05, 0.1) is 15.5 Å². The summed E-state index contributed by atoms with van der Waals surface area (Å²) in [6, 6.07) is 0. The van der Waals surface area contributed by atoms with Gasteiger partial charge in [0, 0.05) is 0 Å². The largest absolute Gasteiger partial charge is 0.432 e. The molecule has 0 rings (SSSR count). The SMILES string of the molecule is O=P(F)(Br)OCC(F)F. The van der Waals surface area contributed by atoms with E-state index in [-0.39, 0.29) is 0 Å². The van der Waals surface area contributed by atoms with Gasteiger partial charge in [-0.25, -0.2) is 13.3 Å². The van der Waals surface area contributed by atoms with E-state index in [9.17, 15) is 17.5 Å². The smallest absolute Gasteiger partial charge is 0.291 e. The summed E-state index contributed by atoms with van der Waals surface area (Å²) in [6.07, 6.45) is -7.19. The molecule has 0 N–H and O–H groups in total. The molecule has 1 unspecified atom stereocenters. The molecule has 0 aliphatic heterocycles. The van der Waals surface area contributed by atoms with E-state index >= 15 is 0 Å². The zero-order chi connectivity index (χ0) is 7.49. The summed E-state index contributed by atoms with van der Waals surface area (Å²) in [5.41, 5.74) is 0. The standard InChI is InChI=1S/C2H3BrF3O2P/c3-9(6,7)8-1-2(4)5/h2H,1H2. The summed E-state index contributed by atoms with van der Waals surface area (Å²) in [4.78, 5) is 0. The van der Waals surface area contributed by atoms with Gasteiger partial charge in [0.1, 0.15) is 6.61 Å². The molecule has 0 aliphatic carbocycles. The van der Waals surface area contributed by atoms with Crippen LogP contribution in [0.15, 0.2) is 0 Å². The van der Waals surface area contributed by atoms with Gasteiger partial charge in [-0.2, -0.15) is 0 Å². The van der Waals surface area contributed by atoms with Crippen LogP contribution >= 0.6 is 21.9 Å². The Morgan fingerprint density at radius 1 is 1.67 bits per heavy atom. The minimum absolute atomic E-state index is 1.15. The highest BCUT2D eigenvalue weighted by molar-refractivity contribution is 9.39. The molecule has 0 heterocycles. The summed E-state index contributed by atoms with van der Waals surface area (Å²) in [5.74, 6) is 0. The first-order valence-electron chi connectivity index (χ1n) is 1.84. The quantitative estimate of drug-likeness (QED) is 0.692. The van der Waals surface area contributed by atoms with Crippen molar-refractivity contribution in [2.75, 3.05) is 6.61 Å². The Morgan fingerprint density at radius 3 is 2.22 bits per heavy atom. The summed E-state index contributed by atoms with van der Waals surface area (Å²) >= 11 is 1.94. The average molecular weight is 227 g/mol. The molecule has 2 nitrogen and oxygen atoms in total. The molecule has 0 amide bonds. The van der Waals surface area contributed by atoms with Crippen molar-refractivity contribution in [2.24, 2.45) is 0 Å². The van der Waals surface area contributed by atoms with Crippen molar-refractivity contribution < 1.29 is 22.1 Å². The minimum atomic E-state index is -4.39. The van der Waals surface area contributed by atoms with Crippen LogP contribution in [0.1, 0.15) is 0 Å². The Bertz CT molecular complexity index is 123. The zero-order valence-electron chi connectivity index (χ0n) is 4.06. The maximum atomic E-state index is 11.7. The highest BCUT2D eigenvalue weighted by Crippen LogP contribution is 2.56. The lowest BCUT2D eigenvalue weighted by atomic mass is 10.8. The van der Waals surface area contributed by atoms with Gasteiger partial charge in [-0.05, 0) is 0 Å². The van der Waals surface area contributed by atoms with Crippen molar-refractivity contribution in [1.29, 1.82) is 0 Å². The second-order valence-electron chi connectivity index (χ2n) is 1.10. The van der Waals surface area contributed by atoms with Gasteiger partial charge in [0.25, 0.3) is 6.43 Å². The van der Waals surface area contributed by atoms with E-state index in [0.29, 0.717) is 0 Å². The Hall–Kier alpha value is 0.460. The van der Waals surface area contributed by atoms with E-state index in [1.54, 1.807) is 0 Å². The van der Waals surface area contributed by atoms with Crippen molar-refractivity contribution in [1.82, 2.24) is 0 Å². The van der Waals surface area contributed by atoms with Crippen LogP contribution in [-0.2, 0) is 9.09 Å². The van der Waals surface area contributed by atoms with Crippen LogP contribution in [0.3, 0.4) is 0 Å². The Kier molecular flexibility index (Phi) is 3.77. The lowest BCUT2D eigenvalue weighted by molar-refractivity contribution is 0.0817. The third-order valence-electron chi connectivity index (χ3n) is 0.351. The van der Waals surface area contributed by atoms with E-state index in [1.165, 1.54) is 0 Å². The second-order valence-corrected chi connectivity index (χ2v) is 4.73. The summed E-state index contributed by atoms with van der Waals surface area (Å²) in [6.45, 7) is -1.15. The fraction of sp³-hybridized carbons (Fsp3) is 1.00. The fourth-order valence-corrected chi connectivity index (χ4v) is 0.784. The fourth-order valence-electron chi connectivity index (χ4n) is 0.143. The predicted molar refractivity (Wildman–Crippen MR) is 29.6 cm³/mol. The highest BCUT2D eigenvalue weighted by Gasteiger charge is 2.18. The molecule has 0 spiro atoms. The molecule has 1 atom stereocenters. The molecule has 9 heavy (non-hydrogen) atoms. The number of hydrogen-bond acceptors (Lipinski definition) is 2.